The highest BCUT2D eigenvalue weighted by Crippen LogP contribution is 2.30. The van der Waals surface area contributed by atoms with Crippen LogP contribution in [0.5, 0.6) is 11.5 Å². The van der Waals surface area contributed by atoms with Gasteiger partial charge < -0.3 is 9.47 Å². The highest BCUT2D eigenvalue weighted by atomic mass is 32.2. The fraction of sp³-hybridized carbons (Fsp3) is 0.360. The molecule has 3 aromatic rings. The average Bonchev–Trinajstić information content (AvgIpc) is 2.84. The van der Waals surface area contributed by atoms with Crippen molar-refractivity contribution in [3.63, 3.8) is 0 Å². The van der Waals surface area contributed by atoms with Crippen LogP contribution in [0.25, 0.3) is 11.3 Å². The second kappa shape index (κ2) is 10.8. The van der Waals surface area contributed by atoms with Crippen LogP contribution in [0.3, 0.4) is 0 Å². The van der Waals surface area contributed by atoms with Crippen molar-refractivity contribution >= 4 is 15.9 Å². The summed E-state index contributed by atoms with van der Waals surface area (Å²) in [5, 5.41) is 0. The Morgan fingerprint density at radius 3 is 2.47 bits per heavy atom. The van der Waals surface area contributed by atoms with Crippen molar-refractivity contribution in [3.05, 3.63) is 66.1 Å². The fourth-order valence-corrected chi connectivity index (χ4v) is 5.45. The number of nitrogens with one attached hydrogen (secondary N) is 2. The van der Waals surface area contributed by atoms with Gasteiger partial charge in [-0.3, -0.25) is 4.72 Å². The number of anilines is 1. The first-order chi connectivity index (χ1) is 16.5. The Bertz CT molecular complexity index is 1230. The molecule has 4 rings (SSSR count). The lowest BCUT2D eigenvalue weighted by Gasteiger charge is -2.23. The van der Waals surface area contributed by atoms with Crippen molar-refractivity contribution in [2.75, 3.05) is 18.9 Å². The Labute approximate surface area is 200 Å². The molecule has 1 aliphatic carbocycles. The van der Waals surface area contributed by atoms with Crippen molar-refractivity contribution in [2.24, 2.45) is 0 Å². The topological polar surface area (TPSA) is 102 Å². The second-order valence-corrected chi connectivity index (χ2v) is 9.81. The number of aromatic nitrogens is 2. The molecule has 1 heterocycles. The van der Waals surface area contributed by atoms with Gasteiger partial charge in [0.2, 0.25) is 0 Å². The largest absolute Gasteiger partial charge is 0.496 e. The van der Waals surface area contributed by atoms with Crippen LogP contribution in [-0.4, -0.2) is 38.6 Å². The number of hydrogen-bond donors (Lipinski definition) is 2. The summed E-state index contributed by atoms with van der Waals surface area (Å²) in [5.41, 5.74) is 3.72. The summed E-state index contributed by atoms with van der Waals surface area (Å²) in [6.45, 7) is 0. The Hall–Kier alpha value is -3.17. The maximum atomic E-state index is 12.8. The van der Waals surface area contributed by atoms with Crippen molar-refractivity contribution < 1.29 is 17.9 Å². The van der Waals surface area contributed by atoms with Crippen LogP contribution >= 0.6 is 0 Å². The van der Waals surface area contributed by atoms with Crippen LogP contribution in [-0.2, 0) is 16.6 Å². The molecule has 1 aromatic heterocycles. The maximum absolute atomic E-state index is 12.8. The Morgan fingerprint density at radius 2 is 1.71 bits per heavy atom. The number of benzene rings is 2. The molecule has 2 N–H and O–H groups in total. The van der Waals surface area contributed by atoms with Gasteiger partial charge in [0.25, 0.3) is 10.2 Å². The smallest absolute Gasteiger partial charge is 0.299 e. The predicted molar refractivity (Wildman–Crippen MR) is 132 cm³/mol. The van der Waals surface area contributed by atoms with Gasteiger partial charge in [0.05, 0.1) is 25.6 Å². The highest BCUT2D eigenvalue weighted by molar-refractivity contribution is 7.90. The molecule has 1 saturated carbocycles. The molecule has 1 aliphatic rings. The quantitative estimate of drug-likeness (QED) is 0.471. The van der Waals surface area contributed by atoms with Gasteiger partial charge in [0.15, 0.2) is 0 Å². The molecule has 0 spiro atoms. The first-order valence-corrected chi connectivity index (χ1v) is 12.9. The van der Waals surface area contributed by atoms with Crippen LogP contribution in [0.4, 0.5) is 5.69 Å². The lowest BCUT2D eigenvalue weighted by atomic mass is 9.96. The van der Waals surface area contributed by atoms with Crippen LogP contribution in [0.2, 0.25) is 0 Å². The molecular formula is C25H30N4O4S. The lowest BCUT2D eigenvalue weighted by Crippen LogP contribution is -2.39. The lowest BCUT2D eigenvalue weighted by molar-refractivity contribution is 0.411. The third kappa shape index (κ3) is 6.03. The molecule has 8 nitrogen and oxygen atoms in total. The Balaban J connectivity index is 1.54. The summed E-state index contributed by atoms with van der Waals surface area (Å²) in [5.74, 6) is 1.19. The summed E-state index contributed by atoms with van der Waals surface area (Å²) in [6.07, 6.45) is 6.99. The Kier molecular flexibility index (Phi) is 7.64. The monoisotopic (exact) mass is 482 g/mol. The number of ether oxygens (including phenoxy) is 2. The molecule has 0 saturated heterocycles. The number of methoxy groups -OCH3 is 2. The zero-order valence-electron chi connectivity index (χ0n) is 19.5. The van der Waals surface area contributed by atoms with Crippen LogP contribution < -0.4 is 18.9 Å². The van der Waals surface area contributed by atoms with E-state index in [1.165, 1.54) is 13.4 Å². The summed E-state index contributed by atoms with van der Waals surface area (Å²) in [4.78, 5) is 8.80. The van der Waals surface area contributed by atoms with E-state index in [2.05, 4.69) is 19.4 Å². The molecule has 0 bridgehead atoms. The first-order valence-electron chi connectivity index (χ1n) is 11.4. The molecule has 1 fully saturated rings. The van der Waals surface area contributed by atoms with E-state index < -0.39 is 10.2 Å². The van der Waals surface area contributed by atoms with Crippen molar-refractivity contribution in [1.82, 2.24) is 14.7 Å². The third-order valence-electron chi connectivity index (χ3n) is 5.93. The standard InChI is InChI=1S/C25H30N4O4S/c1-32-24-11-7-6-10-21(24)22-16-20(26-17-27-22)14-18-12-13-25(33-2)23(15-18)29-34(30,31)28-19-8-4-3-5-9-19/h6-7,10-13,15-17,19,28-29H,3-5,8-9,14H2,1-2H3. The minimum absolute atomic E-state index is 0.0326. The number of rotatable bonds is 9. The van der Waals surface area contributed by atoms with Gasteiger partial charge in [-0.1, -0.05) is 37.5 Å². The van der Waals surface area contributed by atoms with E-state index in [-0.39, 0.29) is 6.04 Å². The number of para-hydroxylation sites is 1. The van der Waals surface area contributed by atoms with Crippen LogP contribution in [0.1, 0.15) is 43.4 Å². The summed E-state index contributed by atoms with van der Waals surface area (Å²) in [6, 6.07) is 15.0. The molecule has 34 heavy (non-hydrogen) atoms. The summed E-state index contributed by atoms with van der Waals surface area (Å²) < 4.78 is 41.8. The van der Waals surface area contributed by atoms with Gasteiger partial charge in [-0.25, -0.2) is 9.97 Å². The first kappa shape index (κ1) is 24.0. The van der Waals surface area contributed by atoms with Crippen LogP contribution in [0.15, 0.2) is 54.9 Å². The van der Waals surface area contributed by atoms with E-state index >= 15 is 0 Å². The molecule has 0 amide bonds. The van der Waals surface area contributed by atoms with Crippen LogP contribution in [0, 0.1) is 0 Å². The summed E-state index contributed by atoms with van der Waals surface area (Å²) in [7, 11) is -0.578. The van der Waals surface area contributed by atoms with E-state index in [1.807, 2.05) is 36.4 Å². The predicted octanol–water partition coefficient (Wildman–Crippen LogP) is 4.33. The minimum Gasteiger partial charge on any atom is -0.496 e. The fourth-order valence-electron chi connectivity index (χ4n) is 4.27. The molecule has 0 radical (unpaired) electrons. The van der Waals surface area contributed by atoms with Gasteiger partial charge in [-0.05, 0) is 48.7 Å². The van der Waals surface area contributed by atoms with E-state index in [1.54, 1.807) is 19.2 Å². The Morgan fingerprint density at radius 1 is 0.941 bits per heavy atom. The third-order valence-corrected chi connectivity index (χ3v) is 7.06. The average molecular weight is 483 g/mol. The molecule has 180 valence electrons. The number of hydrogen-bond acceptors (Lipinski definition) is 6. The van der Waals surface area contributed by atoms with Gasteiger partial charge in [0.1, 0.15) is 17.8 Å². The zero-order chi connectivity index (χ0) is 24.0. The molecular weight excluding hydrogens is 452 g/mol. The van der Waals surface area contributed by atoms with Crippen molar-refractivity contribution in [3.8, 4) is 22.8 Å². The molecule has 0 atom stereocenters. The van der Waals surface area contributed by atoms with Gasteiger partial charge >= 0.3 is 0 Å². The molecule has 0 unspecified atom stereocenters. The van der Waals surface area contributed by atoms with E-state index in [0.717, 1.165) is 60.4 Å². The van der Waals surface area contributed by atoms with Crippen molar-refractivity contribution in [1.29, 1.82) is 0 Å². The zero-order valence-corrected chi connectivity index (χ0v) is 20.3. The van der Waals surface area contributed by atoms with E-state index in [4.69, 9.17) is 9.47 Å². The normalized spacial score (nSPS) is 14.5. The van der Waals surface area contributed by atoms with Gasteiger partial charge in [-0.2, -0.15) is 13.1 Å². The number of nitrogens with zero attached hydrogens (tertiary/aromatic N) is 2. The second-order valence-electron chi connectivity index (χ2n) is 8.36. The van der Waals surface area contributed by atoms with Gasteiger partial charge in [0, 0.05) is 23.7 Å². The molecule has 0 aliphatic heterocycles. The highest BCUT2D eigenvalue weighted by Gasteiger charge is 2.21. The van der Waals surface area contributed by atoms with E-state index in [0.29, 0.717) is 17.9 Å². The van der Waals surface area contributed by atoms with E-state index in [9.17, 15) is 8.42 Å². The van der Waals surface area contributed by atoms with Gasteiger partial charge in [-0.15, -0.1) is 0 Å². The van der Waals surface area contributed by atoms with Crippen molar-refractivity contribution in [2.45, 2.75) is 44.6 Å². The maximum Gasteiger partial charge on any atom is 0.299 e. The molecule has 9 heteroatoms. The SMILES string of the molecule is COc1ccc(Cc2cc(-c3ccccc3OC)ncn2)cc1NS(=O)(=O)NC1CCCCC1. The molecule has 2 aromatic carbocycles. The minimum atomic E-state index is -3.73. The summed E-state index contributed by atoms with van der Waals surface area (Å²) >= 11 is 0.